The summed E-state index contributed by atoms with van der Waals surface area (Å²) in [4.78, 5) is 21.9. The van der Waals surface area contributed by atoms with Gasteiger partial charge in [0.2, 0.25) is 17.7 Å². The molecule has 140 valence electrons. The lowest BCUT2D eigenvalue weighted by atomic mass is 10.3. The first-order valence-electron chi connectivity index (χ1n) is 8.56. The Morgan fingerprint density at radius 1 is 0.852 bits per heavy atom. The summed E-state index contributed by atoms with van der Waals surface area (Å²) in [7, 11) is 3.16. The van der Waals surface area contributed by atoms with Crippen LogP contribution in [0.15, 0.2) is 36.9 Å². The number of nitrogens with zero attached hydrogens (tertiary/aromatic N) is 8. The fraction of sp³-hybridized carbons (Fsp3) is 0.353. The van der Waals surface area contributed by atoms with E-state index in [2.05, 4.69) is 34.8 Å². The molecule has 3 aromatic heterocycles. The van der Waals surface area contributed by atoms with E-state index in [-0.39, 0.29) is 0 Å². The smallest absolute Gasteiger partial charge is 0.232 e. The predicted molar refractivity (Wildman–Crippen MR) is 98.7 cm³/mol. The molecule has 4 rings (SSSR count). The largest absolute Gasteiger partial charge is 0.481 e. The lowest BCUT2D eigenvalue weighted by molar-refractivity contribution is 0.371. The molecule has 10 nitrogen and oxygen atoms in total. The van der Waals surface area contributed by atoms with E-state index in [1.165, 1.54) is 0 Å². The summed E-state index contributed by atoms with van der Waals surface area (Å²) >= 11 is 0. The monoisotopic (exact) mass is 368 g/mol. The Kier molecular flexibility index (Phi) is 4.69. The van der Waals surface area contributed by atoms with E-state index in [9.17, 15) is 0 Å². The van der Waals surface area contributed by atoms with Gasteiger partial charge in [-0.2, -0.15) is 15.1 Å². The maximum Gasteiger partial charge on any atom is 0.232 e. The molecule has 4 heterocycles. The van der Waals surface area contributed by atoms with E-state index in [1.54, 1.807) is 37.5 Å². The molecule has 27 heavy (non-hydrogen) atoms. The molecule has 0 radical (unpaired) electrons. The molecular formula is C17H20N8O2. The van der Waals surface area contributed by atoms with Crippen molar-refractivity contribution in [2.45, 2.75) is 0 Å². The minimum Gasteiger partial charge on any atom is -0.481 e. The molecule has 10 heteroatoms. The number of methoxy groups -OCH3 is 2. The van der Waals surface area contributed by atoms with Gasteiger partial charge in [-0.3, -0.25) is 0 Å². The van der Waals surface area contributed by atoms with E-state index in [0.29, 0.717) is 17.7 Å². The van der Waals surface area contributed by atoms with Crippen LogP contribution in [0.1, 0.15) is 0 Å². The second-order valence-electron chi connectivity index (χ2n) is 5.91. The maximum atomic E-state index is 5.23. The number of anilines is 2. The van der Waals surface area contributed by atoms with Gasteiger partial charge >= 0.3 is 0 Å². The molecule has 0 bridgehead atoms. The third-order valence-corrected chi connectivity index (χ3v) is 4.35. The fourth-order valence-electron chi connectivity index (χ4n) is 2.92. The van der Waals surface area contributed by atoms with Gasteiger partial charge in [0.05, 0.1) is 20.3 Å². The Morgan fingerprint density at radius 2 is 1.52 bits per heavy atom. The zero-order valence-electron chi connectivity index (χ0n) is 15.2. The Bertz CT molecular complexity index is 871. The van der Waals surface area contributed by atoms with Gasteiger partial charge in [0.1, 0.15) is 12.1 Å². The van der Waals surface area contributed by atoms with Crippen LogP contribution in [0.25, 0.3) is 5.82 Å². The molecule has 0 atom stereocenters. The van der Waals surface area contributed by atoms with Crippen molar-refractivity contribution in [1.29, 1.82) is 0 Å². The third kappa shape index (κ3) is 3.59. The first kappa shape index (κ1) is 17.0. The van der Waals surface area contributed by atoms with Crippen molar-refractivity contribution in [1.82, 2.24) is 29.7 Å². The average Bonchev–Trinajstić information content (AvgIpc) is 3.28. The molecule has 0 spiro atoms. The number of hydrogen-bond donors (Lipinski definition) is 0. The van der Waals surface area contributed by atoms with Gasteiger partial charge in [-0.15, -0.1) is 0 Å². The van der Waals surface area contributed by atoms with Gasteiger partial charge in [0.15, 0.2) is 5.82 Å². The van der Waals surface area contributed by atoms with Crippen LogP contribution >= 0.6 is 0 Å². The summed E-state index contributed by atoms with van der Waals surface area (Å²) in [6.45, 7) is 3.10. The van der Waals surface area contributed by atoms with Gasteiger partial charge in [-0.1, -0.05) is 0 Å². The number of hydrogen-bond acceptors (Lipinski definition) is 9. The van der Waals surface area contributed by atoms with Crippen LogP contribution in [0, 0.1) is 0 Å². The minimum atomic E-state index is 0.485. The van der Waals surface area contributed by atoms with Crippen LogP contribution in [0.4, 0.5) is 11.8 Å². The second kappa shape index (κ2) is 7.44. The first-order valence-corrected chi connectivity index (χ1v) is 8.56. The quantitative estimate of drug-likeness (QED) is 0.648. The predicted octanol–water partition coefficient (Wildman–Crippen LogP) is 0.796. The highest BCUT2D eigenvalue weighted by Gasteiger charge is 2.21. The molecule has 0 unspecified atom stereocenters. The van der Waals surface area contributed by atoms with Crippen LogP contribution in [0.2, 0.25) is 0 Å². The molecular weight excluding hydrogens is 348 g/mol. The molecule has 0 N–H and O–H groups in total. The van der Waals surface area contributed by atoms with Gasteiger partial charge < -0.3 is 19.3 Å². The number of aromatic nitrogens is 6. The first-order chi connectivity index (χ1) is 13.3. The molecule has 0 aromatic carbocycles. The van der Waals surface area contributed by atoms with Crippen LogP contribution in [0.3, 0.4) is 0 Å². The van der Waals surface area contributed by atoms with E-state index in [4.69, 9.17) is 9.47 Å². The zero-order chi connectivity index (χ0) is 18.6. The Hall–Kier alpha value is -3.43. The maximum absolute atomic E-state index is 5.23. The number of ether oxygens (including phenoxy) is 2. The molecule has 3 aromatic rings. The molecule has 1 aliphatic heterocycles. The van der Waals surface area contributed by atoms with Crippen LogP contribution in [0.5, 0.6) is 11.8 Å². The SMILES string of the molecule is COc1cc(OC)nc(N2CCN(c3cc(-n4cccn4)ncn3)CC2)n1. The van der Waals surface area contributed by atoms with Crippen LogP contribution < -0.4 is 19.3 Å². The van der Waals surface area contributed by atoms with E-state index in [0.717, 1.165) is 37.8 Å². The molecule has 1 aliphatic rings. The minimum absolute atomic E-state index is 0.485. The van der Waals surface area contributed by atoms with E-state index in [1.807, 2.05) is 18.3 Å². The molecule has 1 saturated heterocycles. The summed E-state index contributed by atoms with van der Waals surface area (Å²) < 4.78 is 12.2. The summed E-state index contributed by atoms with van der Waals surface area (Å²) in [5, 5.41) is 4.22. The molecule has 0 aliphatic carbocycles. The summed E-state index contributed by atoms with van der Waals surface area (Å²) in [5.41, 5.74) is 0. The zero-order valence-corrected chi connectivity index (χ0v) is 15.2. The third-order valence-electron chi connectivity index (χ3n) is 4.35. The number of rotatable bonds is 5. The Morgan fingerprint density at radius 3 is 2.15 bits per heavy atom. The molecule has 0 amide bonds. The van der Waals surface area contributed by atoms with Crippen molar-refractivity contribution in [2.24, 2.45) is 0 Å². The van der Waals surface area contributed by atoms with Gasteiger partial charge in [0, 0.05) is 44.6 Å². The summed E-state index contributed by atoms with van der Waals surface area (Å²) in [6, 6.07) is 5.47. The number of piperazine rings is 1. The highest BCUT2D eigenvalue weighted by molar-refractivity contribution is 5.46. The van der Waals surface area contributed by atoms with Crippen molar-refractivity contribution < 1.29 is 9.47 Å². The van der Waals surface area contributed by atoms with Crippen molar-refractivity contribution in [2.75, 3.05) is 50.2 Å². The Labute approximate surface area is 156 Å². The molecule has 1 fully saturated rings. The summed E-state index contributed by atoms with van der Waals surface area (Å²) in [6.07, 6.45) is 5.15. The van der Waals surface area contributed by atoms with E-state index >= 15 is 0 Å². The van der Waals surface area contributed by atoms with Crippen molar-refractivity contribution in [3.8, 4) is 17.6 Å². The lowest BCUT2D eigenvalue weighted by Crippen LogP contribution is -2.47. The van der Waals surface area contributed by atoms with Crippen LogP contribution in [-0.2, 0) is 0 Å². The normalized spacial score (nSPS) is 14.3. The summed E-state index contributed by atoms with van der Waals surface area (Å²) in [5.74, 6) is 3.19. The van der Waals surface area contributed by atoms with Crippen LogP contribution in [-0.4, -0.2) is 70.1 Å². The average molecular weight is 368 g/mol. The highest BCUT2D eigenvalue weighted by atomic mass is 16.5. The van der Waals surface area contributed by atoms with Gasteiger partial charge in [-0.05, 0) is 6.07 Å². The van der Waals surface area contributed by atoms with Gasteiger partial charge in [0.25, 0.3) is 0 Å². The fourth-order valence-corrected chi connectivity index (χ4v) is 2.92. The Balaban J connectivity index is 1.47. The molecule has 0 saturated carbocycles. The van der Waals surface area contributed by atoms with Gasteiger partial charge in [-0.25, -0.2) is 14.6 Å². The highest BCUT2D eigenvalue weighted by Crippen LogP contribution is 2.22. The van der Waals surface area contributed by atoms with Crippen molar-refractivity contribution in [3.05, 3.63) is 36.9 Å². The second-order valence-corrected chi connectivity index (χ2v) is 5.91. The topological polar surface area (TPSA) is 94.3 Å². The lowest BCUT2D eigenvalue weighted by Gasteiger charge is -2.35. The standard InChI is InChI=1S/C17H20N8O2/c1-26-15-11-16(27-2)22-17(21-15)24-8-6-23(7-9-24)13-10-14(19-12-18-13)25-5-3-4-20-25/h3-5,10-12H,6-9H2,1-2H3. The van der Waals surface area contributed by atoms with Crippen molar-refractivity contribution in [3.63, 3.8) is 0 Å². The van der Waals surface area contributed by atoms with Crippen molar-refractivity contribution >= 4 is 11.8 Å². The van der Waals surface area contributed by atoms with E-state index < -0.39 is 0 Å².